The van der Waals surface area contributed by atoms with Crippen LogP contribution in [0.2, 0.25) is 0 Å². The summed E-state index contributed by atoms with van der Waals surface area (Å²) in [5, 5.41) is 0. The first-order valence-electron chi connectivity index (χ1n) is 8.10. The second-order valence-electron chi connectivity index (χ2n) is 7.30. The summed E-state index contributed by atoms with van der Waals surface area (Å²) in [6.45, 7) is 5.67. The third-order valence-corrected chi connectivity index (χ3v) is 4.13. The number of nitrogens with two attached hydrogens (primary N) is 2. The molecular formula is C17H24F3N3O2. The van der Waals surface area contributed by atoms with Crippen molar-refractivity contribution in [3.63, 3.8) is 0 Å². The Morgan fingerprint density at radius 2 is 1.92 bits per heavy atom. The Morgan fingerprint density at radius 3 is 2.40 bits per heavy atom. The number of amides is 1. The summed E-state index contributed by atoms with van der Waals surface area (Å²) in [4.78, 5) is 13.6. The highest BCUT2D eigenvalue weighted by atomic mass is 19.4. The molecular weight excluding hydrogens is 335 g/mol. The number of rotatable bonds is 1. The fourth-order valence-corrected chi connectivity index (χ4v) is 2.95. The first-order chi connectivity index (χ1) is 11.4. The number of anilines is 1. The summed E-state index contributed by atoms with van der Waals surface area (Å²) < 4.78 is 43.6. The standard InChI is InChI=1S/C17H24F3N3O2/c1-16(2,3)25-15(24)23-7-6-10(8-14(23)22)12-5-4-11(9-13(12)21)17(18,19)20/h4-5,9-10,14H,6-8,21-22H2,1-3H3. The van der Waals surface area contributed by atoms with Crippen molar-refractivity contribution in [1.29, 1.82) is 0 Å². The molecule has 140 valence electrons. The predicted octanol–water partition coefficient (Wildman–Crippen LogP) is 3.69. The summed E-state index contributed by atoms with van der Waals surface area (Å²) in [6.07, 6.45) is -4.52. The monoisotopic (exact) mass is 359 g/mol. The fourth-order valence-electron chi connectivity index (χ4n) is 2.95. The highest BCUT2D eigenvalue weighted by Gasteiger charge is 2.35. The molecule has 1 aromatic rings. The molecule has 8 heteroatoms. The molecule has 1 fully saturated rings. The van der Waals surface area contributed by atoms with E-state index in [2.05, 4.69) is 0 Å². The van der Waals surface area contributed by atoms with Crippen LogP contribution in [0.15, 0.2) is 18.2 Å². The van der Waals surface area contributed by atoms with Crippen LogP contribution < -0.4 is 11.5 Å². The lowest BCUT2D eigenvalue weighted by molar-refractivity contribution is -0.137. The van der Waals surface area contributed by atoms with Gasteiger partial charge in [-0.1, -0.05) is 6.07 Å². The molecule has 1 amide bonds. The van der Waals surface area contributed by atoms with Crippen LogP contribution in [-0.4, -0.2) is 29.3 Å². The van der Waals surface area contributed by atoms with Crippen LogP contribution in [-0.2, 0) is 10.9 Å². The molecule has 0 radical (unpaired) electrons. The Morgan fingerprint density at radius 1 is 1.28 bits per heavy atom. The predicted molar refractivity (Wildman–Crippen MR) is 88.7 cm³/mol. The molecule has 0 spiro atoms. The lowest BCUT2D eigenvalue weighted by atomic mass is 9.86. The van der Waals surface area contributed by atoms with Crippen molar-refractivity contribution >= 4 is 11.8 Å². The molecule has 2 atom stereocenters. The minimum Gasteiger partial charge on any atom is -0.444 e. The average Bonchev–Trinajstić information content (AvgIpc) is 2.44. The molecule has 1 aromatic carbocycles. The molecule has 4 N–H and O–H groups in total. The van der Waals surface area contributed by atoms with E-state index in [1.54, 1.807) is 20.8 Å². The smallest absolute Gasteiger partial charge is 0.416 e. The van der Waals surface area contributed by atoms with Gasteiger partial charge in [0.15, 0.2) is 0 Å². The molecule has 0 saturated carbocycles. The molecule has 1 saturated heterocycles. The zero-order valence-electron chi connectivity index (χ0n) is 14.6. The highest BCUT2D eigenvalue weighted by molar-refractivity contribution is 5.68. The lowest BCUT2D eigenvalue weighted by Crippen LogP contribution is -2.51. The van der Waals surface area contributed by atoms with Gasteiger partial charge in [0.25, 0.3) is 0 Å². The number of piperidine rings is 1. The van der Waals surface area contributed by atoms with E-state index in [0.29, 0.717) is 24.9 Å². The third kappa shape index (κ3) is 4.78. The minimum atomic E-state index is -4.43. The third-order valence-electron chi connectivity index (χ3n) is 4.13. The van der Waals surface area contributed by atoms with Crippen LogP contribution in [0, 0.1) is 0 Å². The van der Waals surface area contributed by atoms with Gasteiger partial charge in [0.2, 0.25) is 0 Å². The number of ether oxygens (including phenoxy) is 1. The molecule has 5 nitrogen and oxygen atoms in total. The first kappa shape index (κ1) is 19.4. The maximum atomic E-state index is 12.7. The first-order valence-corrected chi connectivity index (χ1v) is 8.10. The summed E-state index contributed by atoms with van der Waals surface area (Å²) in [6, 6.07) is 3.37. The number of carbonyl (C=O) groups is 1. The summed E-state index contributed by atoms with van der Waals surface area (Å²) in [5.41, 5.74) is 11.2. The fraction of sp³-hybridized carbons (Fsp3) is 0.588. The molecule has 1 heterocycles. The van der Waals surface area contributed by atoms with Gasteiger partial charge in [-0.3, -0.25) is 4.90 Å². The molecule has 2 unspecified atom stereocenters. The quantitative estimate of drug-likeness (QED) is 0.750. The average molecular weight is 359 g/mol. The SMILES string of the molecule is CC(C)(C)OC(=O)N1CCC(c2ccc(C(F)(F)F)cc2N)CC1N. The van der Waals surface area contributed by atoms with E-state index in [0.717, 1.165) is 12.1 Å². The Bertz CT molecular complexity index is 641. The van der Waals surface area contributed by atoms with Gasteiger partial charge < -0.3 is 16.2 Å². The molecule has 0 bridgehead atoms. The Balaban J connectivity index is 2.09. The minimum absolute atomic E-state index is 0.0951. The topological polar surface area (TPSA) is 81.6 Å². The Kier molecular flexibility index (Phi) is 5.22. The van der Waals surface area contributed by atoms with Gasteiger partial charge in [0, 0.05) is 12.2 Å². The van der Waals surface area contributed by atoms with Crippen molar-refractivity contribution < 1.29 is 22.7 Å². The maximum Gasteiger partial charge on any atom is 0.416 e. The van der Waals surface area contributed by atoms with E-state index in [-0.39, 0.29) is 11.6 Å². The van der Waals surface area contributed by atoms with Crippen molar-refractivity contribution in [2.24, 2.45) is 5.73 Å². The van der Waals surface area contributed by atoms with Crippen LogP contribution in [0.1, 0.15) is 50.7 Å². The van der Waals surface area contributed by atoms with Gasteiger partial charge in [-0.2, -0.15) is 13.2 Å². The second-order valence-corrected chi connectivity index (χ2v) is 7.30. The number of nitrogen functional groups attached to an aromatic ring is 1. The van der Waals surface area contributed by atoms with Gasteiger partial charge in [0.1, 0.15) is 5.60 Å². The number of carbonyl (C=O) groups excluding carboxylic acids is 1. The van der Waals surface area contributed by atoms with E-state index in [1.165, 1.54) is 11.0 Å². The van der Waals surface area contributed by atoms with Crippen molar-refractivity contribution in [1.82, 2.24) is 4.90 Å². The normalized spacial score (nSPS) is 22.0. The van der Waals surface area contributed by atoms with E-state index in [1.807, 2.05) is 0 Å². The van der Waals surface area contributed by atoms with Gasteiger partial charge >= 0.3 is 12.3 Å². The van der Waals surface area contributed by atoms with Crippen LogP contribution >= 0.6 is 0 Å². The Labute approximate surface area is 145 Å². The van der Waals surface area contributed by atoms with Crippen LogP contribution in [0.4, 0.5) is 23.7 Å². The van der Waals surface area contributed by atoms with Crippen molar-refractivity contribution in [2.75, 3.05) is 12.3 Å². The number of halogens is 3. The van der Waals surface area contributed by atoms with Crippen LogP contribution in [0.5, 0.6) is 0 Å². The highest BCUT2D eigenvalue weighted by Crippen LogP contribution is 2.37. The van der Waals surface area contributed by atoms with Gasteiger partial charge in [-0.05, 0) is 57.2 Å². The van der Waals surface area contributed by atoms with Gasteiger partial charge in [-0.15, -0.1) is 0 Å². The summed E-state index contributed by atoms with van der Waals surface area (Å²) in [7, 11) is 0. The van der Waals surface area contributed by atoms with E-state index >= 15 is 0 Å². The van der Waals surface area contributed by atoms with Crippen molar-refractivity contribution in [2.45, 2.75) is 57.5 Å². The zero-order chi connectivity index (χ0) is 19.0. The lowest BCUT2D eigenvalue weighted by Gasteiger charge is -2.38. The molecule has 25 heavy (non-hydrogen) atoms. The van der Waals surface area contributed by atoms with Gasteiger partial charge in [-0.25, -0.2) is 4.79 Å². The van der Waals surface area contributed by atoms with Crippen LogP contribution in [0.3, 0.4) is 0 Å². The second kappa shape index (κ2) is 6.74. The number of nitrogens with zero attached hydrogens (tertiary/aromatic N) is 1. The molecule has 1 aliphatic heterocycles. The summed E-state index contributed by atoms with van der Waals surface area (Å²) in [5.74, 6) is -0.101. The molecule has 0 aromatic heterocycles. The molecule has 1 aliphatic rings. The number of hydrogen-bond acceptors (Lipinski definition) is 4. The number of hydrogen-bond donors (Lipinski definition) is 2. The number of alkyl halides is 3. The van der Waals surface area contributed by atoms with E-state index in [4.69, 9.17) is 16.2 Å². The van der Waals surface area contributed by atoms with Crippen LogP contribution in [0.25, 0.3) is 0 Å². The maximum absolute atomic E-state index is 12.7. The number of benzene rings is 1. The van der Waals surface area contributed by atoms with E-state index in [9.17, 15) is 18.0 Å². The molecule has 2 rings (SSSR count). The van der Waals surface area contributed by atoms with E-state index < -0.39 is 29.6 Å². The molecule has 0 aliphatic carbocycles. The van der Waals surface area contributed by atoms with Crippen molar-refractivity contribution in [3.8, 4) is 0 Å². The largest absolute Gasteiger partial charge is 0.444 e. The number of likely N-dealkylation sites (tertiary alicyclic amines) is 1. The summed E-state index contributed by atoms with van der Waals surface area (Å²) >= 11 is 0. The van der Waals surface area contributed by atoms with Crippen molar-refractivity contribution in [3.05, 3.63) is 29.3 Å². The Hall–Kier alpha value is -1.96. The zero-order valence-corrected chi connectivity index (χ0v) is 14.6. The van der Waals surface area contributed by atoms with Gasteiger partial charge in [0.05, 0.1) is 11.7 Å².